The van der Waals surface area contributed by atoms with Crippen molar-refractivity contribution in [3.8, 4) is 11.1 Å². The summed E-state index contributed by atoms with van der Waals surface area (Å²) in [5, 5.41) is 11.5. The van der Waals surface area contributed by atoms with Crippen molar-refractivity contribution in [1.29, 1.82) is 0 Å². The maximum atomic E-state index is 13.2. The SMILES string of the molecule is Cc1c[nH]cc1C(=O)NC1CCC2(CC1)CN(C(=O)c1n[nH]c3cc(-c4ccccc4)ccc13)C2. The first-order chi connectivity index (χ1) is 17.0. The van der Waals surface area contributed by atoms with Gasteiger partial charge in [-0.25, -0.2) is 0 Å². The summed E-state index contributed by atoms with van der Waals surface area (Å²) in [7, 11) is 0. The monoisotopic (exact) mass is 467 g/mol. The lowest BCUT2D eigenvalue weighted by Crippen LogP contribution is -2.60. The first-order valence-corrected chi connectivity index (χ1v) is 12.3. The lowest BCUT2D eigenvalue weighted by atomic mass is 9.67. The van der Waals surface area contributed by atoms with Gasteiger partial charge in [-0.2, -0.15) is 5.10 Å². The summed E-state index contributed by atoms with van der Waals surface area (Å²) in [6, 6.07) is 16.5. The molecule has 2 aliphatic rings. The summed E-state index contributed by atoms with van der Waals surface area (Å²) in [6.07, 6.45) is 7.54. The predicted molar refractivity (Wildman–Crippen MR) is 135 cm³/mol. The molecule has 7 nitrogen and oxygen atoms in total. The van der Waals surface area contributed by atoms with Crippen molar-refractivity contribution in [3.05, 3.63) is 77.7 Å². The van der Waals surface area contributed by atoms with Gasteiger partial charge < -0.3 is 15.2 Å². The Hall–Kier alpha value is -3.87. The Balaban J connectivity index is 1.07. The molecular formula is C28H29N5O2. The van der Waals surface area contributed by atoms with Crippen LogP contribution in [0.25, 0.3) is 22.0 Å². The molecule has 2 fully saturated rings. The van der Waals surface area contributed by atoms with Gasteiger partial charge in [-0.15, -0.1) is 0 Å². The molecule has 0 radical (unpaired) electrons. The average molecular weight is 468 g/mol. The number of likely N-dealkylation sites (tertiary alicyclic amines) is 1. The van der Waals surface area contributed by atoms with Crippen LogP contribution in [0, 0.1) is 12.3 Å². The highest BCUT2D eigenvalue weighted by atomic mass is 16.2. The van der Waals surface area contributed by atoms with Crippen molar-refractivity contribution in [3.63, 3.8) is 0 Å². The molecule has 1 saturated carbocycles. The van der Waals surface area contributed by atoms with Crippen LogP contribution in [-0.2, 0) is 0 Å². The van der Waals surface area contributed by atoms with Crippen molar-refractivity contribution in [2.45, 2.75) is 38.6 Å². The molecular weight excluding hydrogens is 438 g/mol. The second-order valence-electron chi connectivity index (χ2n) is 10.2. The molecule has 4 aromatic rings. The summed E-state index contributed by atoms with van der Waals surface area (Å²) in [5.41, 5.74) is 5.46. The van der Waals surface area contributed by atoms with E-state index in [-0.39, 0.29) is 23.3 Å². The van der Waals surface area contributed by atoms with E-state index in [4.69, 9.17) is 0 Å². The number of amides is 2. The Labute approximate surface area is 203 Å². The zero-order chi connectivity index (χ0) is 24.0. The first-order valence-electron chi connectivity index (χ1n) is 12.3. The fourth-order valence-electron chi connectivity index (χ4n) is 5.69. The van der Waals surface area contributed by atoms with Gasteiger partial charge in [0.2, 0.25) is 0 Å². The van der Waals surface area contributed by atoms with Crippen LogP contribution in [-0.4, -0.2) is 51.0 Å². The van der Waals surface area contributed by atoms with Crippen LogP contribution in [0.1, 0.15) is 52.1 Å². The minimum absolute atomic E-state index is 0.00375. The van der Waals surface area contributed by atoms with Crippen LogP contribution in [0.15, 0.2) is 60.9 Å². The van der Waals surface area contributed by atoms with Crippen molar-refractivity contribution in [2.75, 3.05) is 13.1 Å². The highest BCUT2D eigenvalue weighted by molar-refractivity contribution is 6.05. The fourth-order valence-corrected chi connectivity index (χ4v) is 5.69. The Morgan fingerprint density at radius 3 is 2.51 bits per heavy atom. The van der Waals surface area contributed by atoms with Crippen molar-refractivity contribution in [1.82, 2.24) is 25.4 Å². The van der Waals surface area contributed by atoms with Gasteiger partial charge in [0.15, 0.2) is 5.69 Å². The van der Waals surface area contributed by atoms with E-state index in [1.54, 1.807) is 6.20 Å². The molecule has 3 N–H and O–H groups in total. The topological polar surface area (TPSA) is 93.9 Å². The normalized spacial score (nSPS) is 17.5. The lowest BCUT2D eigenvalue weighted by molar-refractivity contribution is -0.0200. The van der Waals surface area contributed by atoms with E-state index in [1.807, 2.05) is 48.4 Å². The van der Waals surface area contributed by atoms with Crippen molar-refractivity contribution in [2.24, 2.45) is 5.41 Å². The van der Waals surface area contributed by atoms with Crippen LogP contribution in [0.2, 0.25) is 0 Å². The number of carbonyl (C=O) groups excluding carboxylic acids is 2. The molecule has 7 heteroatoms. The molecule has 0 unspecified atom stereocenters. The third-order valence-electron chi connectivity index (χ3n) is 7.79. The van der Waals surface area contributed by atoms with Crippen LogP contribution in [0.3, 0.4) is 0 Å². The Morgan fingerprint density at radius 1 is 1.03 bits per heavy atom. The van der Waals surface area contributed by atoms with E-state index in [0.29, 0.717) is 11.3 Å². The molecule has 0 bridgehead atoms. The number of aromatic amines is 2. The number of nitrogens with zero attached hydrogens (tertiary/aromatic N) is 2. The smallest absolute Gasteiger partial charge is 0.275 e. The maximum Gasteiger partial charge on any atom is 0.275 e. The molecule has 1 saturated heterocycles. The number of benzene rings is 2. The van der Waals surface area contributed by atoms with E-state index in [0.717, 1.165) is 66.4 Å². The Bertz CT molecular complexity index is 1390. The summed E-state index contributed by atoms with van der Waals surface area (Å²) in [4.78, 5) is 30.7. The Morgan fingerprint density at radius 2 is 1.80 bits per heavy atom. The van der Waals surface area contributed by atoms with Crippen molar-refractivity contribution >= 4 is 22.7 Å². The predicted octanol–water partition coefficient (Wildman–Crippen LogP) is 4.68. The highest BCUT2D eigenvalue weighted by Crippen LogP contribution is 2.44. The maximum absolute atomic E-state index is 13.2. The third-order valence-corrected chi connectivity index (χ3v) is 7.79. The van der Waals surface area contributed by atoms with E-state index < -0.39 is 0 Å². The molecule has 2 amide bonds. The first kappa shape index (κ1) is 21.6. The minimum Gasteiger partial charge on any atom is -0.367 e. The van der Waals surface area contributed by atoms with Gasteiger partial charge in [0, 0.05) is 42.3 Å². The third kappa shape index (κ3) is 3.91. The van der Waals surface area contributed by atoms with Crippen LogP contribution in [0.4, 0.5) is 0 Å². The fraction of sp³-hybridized carbons (Fsp3) is 0.321. The van der Waals surface area contributed by atoms with Crippen molar-refractivity contribution < 1.29 is 9.59 Å². The molecule has 3 heterocycles. The largest absolute Gasteiger partial charge is 0.367 e. The number of fused-ring (bicyclic) bond motifs is 1. The van der Waals surface area contributed by atoms with E-state index in [1.165, 1.54) is 0 Å². The number of carbonyl (C=O) groups is 2. The zero-order valence-corrected chi connectivity index (χ0v) is 19.8. The van der Waals surface area contributed by atoms with Gasteiger partial charge in [0.1, 0.15) is 0 Å². The lowest BCUT2D eigenvalue weighted by Gasteiger charge is -2.53. The summed E-state index contributed by atoms with van der Waals surface area (Å²) in [5.74, 6) is -0.0105. The average Bonchev–Trinajstić information content (AvgIpc) is 3.49. The number of aryl methyl sites for hydroxylation is 1. The number of rotatable bonds is 4. The molecule has 1 aliphatic heterocycles. The molecule has 6 rings (SSSR count). The summed E-state index contributed by atoms with van der Waals surface area (Å²) in [6.45, 7) is 3.46. The molecule has 0 atom stereocenters. The van der Waals surface area contributed by atoms with E-state index in [9.17, 15) is 9.59 Å². The molecule has 2 aromatic carbocycles. The number of nitrogens with one attached hydrogen (secondary N) is 3. The Kier molecular flexibility index (Phi) is 5.20. The number of hydrogen-bond acceptors (Lipinski definition) is 3. The number of H-pyrrole nitrogens is 2. The number of hydrogen-bond donors (Lipinski definition) is 3. The molecule has 35 heavy (non-hydrogen) atoms. The van der Waals surface area contributed by atoms with Gasteiger partial charge in [0.25, 0.3) is 11.8 Å². The molecule has 178 valence electrons. The quantitative estimate of drug-likeness (QED) is 0.407. The van der Waals surface area contributed by atoms with E-state index >= 15 is 0 Å². The van der Waals surface area contributed by atoms with Gasteiger partial charge in [-0.05, 0) is 61.4 Å². The second-order valence-corrected chi connectivity index (χ2v) is 10.2. The minimum atomic E-state index is -0.00676. The van der Waals surface area contributed by atoms with Crippen LogP contribution >= 0.6 is 0 Å². The van der Waals surface area contributed by atoms with Gasteiger partial charge in [0.05, 0.1) is 11.1 Å². The standard InChI is InChI=1S/C28H29N5O2/c1-18-14-29-15-23(18)26(34)30-21-9-11-28(12-10-21)16-33(17-28)27(35)25-22-8-7-20(13-24(22)31-32-25)19-5-3-2-4-6-19/h2-8,13-15,21,29H,9-12,16-17H2,1H3,(H,30,34)(H,31,32). The van der Waals surface area contributed by atoms with Gasteiger partial charge in [-0.3, -0.25) is 14.7 Å². The second kappa shape index (κ2) is 8.41. The van der Waals surface area contributed by atoms with E-state index in [2.05, 4.69) is 38.7 Å². The molecule has 1 aliphatic carbocycles. The number of aromatic nitrogens is 3. The summed E-state index contributed by atoms with van der Waals surface area (Å²) < 4.78 is 0. The van der Waals surface area contributed by atoms with Gasteiger partial charge in [-0.1, -0.05) is 36.4 Å². The zero-order valence-electron chi connectivity index (χ0n) is 19.8. The molecule has 2 aromatic heterocycles. The highest BCUT2D eigenvalue weighted by Gasteiger charge is 2.47. The van der Waals surface area contributed by atoms with Gasteiger partial charge >= 0.3 is 0 Å². The van der Waals surface area contributed by atoms with Crippen LogP contribution in [0.5, 0.6) is 0 Å². The van der Waals surface area contributed by atoms with Crippen LogP contribution < -0.4 is 5.32 Å². The molecule has 1 spiro atoms. The summed E-state index contributed by atoms with van der Waals surface area (Å²) >= 11 is 0.